The number of carboxylic acid groups (broad SMARTS) is 1. The van der Waals surface area contributed by atoms with Crippen LogP contribution in [-0.2, 0) is 20.7 Å². The Bertz CT molecular complexity index is 792. The molecule has 1 aromatic rings. The van der Waals surface area contributed by atoms with E-state index < -0.39 is 23.6 Å². The first-order chi connectivity index (χ1) is 14.5. The summed E-state index contributed by atoms with van der Waals surface area (Å²) in [6.45, 7) is 5.34. The van der Waals surface area contributed by atoms with Crippen molar-refractivity contribution in [3.8, 4) is 0 Å². The van der Waals surface area contributed by atoms with Crippen LogP contribution >= 0.6 is 0 Å². The summed E-state index contributed by atoms with van der Waals surface area (Å²) in [5, 5.41) is 24.2. The number of aromatic nitrogens is 1. The molecule has 9 nitrogen and oxygen atoms in total. The maximum absolute atomic E-state index is 13.3. The summed E-state index contributed by atoms with van der Waals surface area (Å²) in [7, 11) is 1.63. The molecule has 0 unspecified atom stereocenters. The largest absolute Gasteiger partial charge is 0.619 e. The molecule has 0 aliphatic heterocycles. The Morgan fingerprint density at radius 3 is 2.58 bits per heavy atom. The van der Waals surface area contributed by atoms with Crippen molar-refractivity contribution in [2.24, 2.45) is 5.92 Å². The highest BCUT2D eigenvalue weighted by atomic mass is 16.6. The molecule has 9 heteroatoms. The molecular weight excluding hydrogens is 402 g/mol. The zero-order chi connectivity index (χ0) is 23.2. The minimum absolute atomic E-state index is 0.0245. The Labute approximate surface area is 183 Å². The number of aliphatic carboxylic acids is 1. The van der Waals surface area contributed by atoms with E-state index in [4.69, 9.17) is 4.74 Å². The van der Waals surface area contributed by atoms with Crippen molar-refractivity contribution in [3.63, 3.8) is 0 Å². The number of rotatable bonds is 7. The minimum Gasteiger partial charge on any atom is -0.619 e. The maximum atomic E-state index is 13.3. The SMILES string of the molecule is CN(C(=O)[C@@H](CC(=O)O)Cc1cccc[n+]1[O-])[C@H]1CCCC[C@@H]1NC(=O)OC(C)(C)C. The van der Waals surface area contributed by atoms with Gasteiger partial charge in [0.25, 0.3) is 0 Å². The third-order valence-electron chi connectivity index (χ3n) is 5.41. The van der Waals surface area contributed by atoms with Crippen LogP contribution in [0.5, 0.6) is 0 Å². The van der Waals surface area contributed by atoms with Gasteiger partial charge in [-0.1, -0.05) is 18.9 Å². The fraction of sp³-hybridized carbons (Fsp3) is 0.636. The lowest BCUT2D eigenvalue weighted by molar-refractivity contribution is -0.614. The van der Waals surface area contributed by atoms with Gasteiger partial charge in [-0.05, 0) is 33.6 Å². The molecule has 2 rings (SSSR count). The van der Waals surface area contributed by atoms with Crippen LogP contribution in [0.1, 0.15) is 58.6 Å². The van der Waals surface area contributed by atoms with Crippen molar-refractivity contribution in [3.05, 3.63) is 35.3 Å². The molecule has 0 aromatic carbocycles. The van der Waals surface area contributed by atoms with E-state index in [1.54, 1.807) is 46.0 Å². The summed E-state index contributed by atoms with van der Waals surface area (Å²) in [6.07, 6.45) is 3.63. The van der Waals surface area contributed by atoms with E-state index in [-0.39, 0.29) is 30.8 Å². The first-order valence-electron chi connectivity index (χ1n) is 10.6. The lowest BCUT2D eigenvalue weighted by atomic mass is 9.88. The lowest BCUT2D eigenvalue weighted by Crippen LogP contribution is -2.55. The quantitative estimate of drug-likeness (QED) is 0.500. The van der Waals surface area contributed by atoms with Gasteiger partial charge in [-0.3, -0.25) is 9.59 Å². The van der Waals surface area contributed by atoms with Crippen LogP contribution < -0.4 is 10.0 Å². The van der Waals surface area contributed by atoms with Crippen LogP contribution in [0.4, 0.5) is 4.79 Å². The highest BCUT2D eigenvalue weighted by Gasteiger charge is 2.36. The Hall–Kier alpha value is -2.84. The van der Waals surface area contributed by atoms with E-state index >= 15 is 0 Å². The molecule has 1 aromatic heterocycles. The number of carbonyl (C=O) groups is 3. The first-order valence-corrected chi connectivity index (χ1v) is 10.6. The monoisotopic (exact) mass is 435 g/mol. The number of amides is 2. The summed E-state index contributed by atoms with van der Waals surface area (Å²) in [5.74, 6) is -2.34. The number of carboxylic acids is 1. The van der Waals surface area contributed by atoms with Crippen LogP contribution in [0.25, 0.3) is 0 Å². The highest BCUT2D eigenvalue weighted by Crippen LogP contribution is 2.25. The topological polar surface area (TPSA) is 123 Å². The van der Waals surface area contributed by atoms with Crippen LogP contribution in [0.15, 0.2) is 24.4 Å². The molecule has 1 fully saturated rings. The molecule has 0 spiro atoms. The van der Waals surface area contributed by atoms with Crippen molar-refractivity contribution >= 4 is 18.0 Å². The van der Waals surface area contributed by atoms with Gasteiger partial charge in [-0.15, -0.1) is 0 Å². The number of hydrogen-bond acceptors (Lipinski definition) is 5. The third kappa shape index (κ3) is 7.41. The van der Waals surface area contributed by atoms with Crippen LogP contribution in [0, 0.1) is 11.1 Å². The van der Waals surface area contributed by atoms with Crippen molar-refractivity contribution < 1.29 is 29.0 Å². The molecule has 0 radical (unpaired) electrons. The molecular formula is C22H33N3O6. The van der Waals surface area contributed by atoms with E-state index in [2.05, 4.69) is 5.32 Å². The van der Waals surface area contributed by atoms with Gasteiger partial charge >= 0.3 is 12.1 Å². The molecule has 0 saturated heterocycles. The average molecular weight is 436 g/mol. The zero-order valence-electron chi connectivity index (χ0n) is 18.7. The van der Waals surface area contributed by atoms with Gasteiger partial charge in [0.15, 0.2) is 11.9 Å². The second kappa shape index (κ2) is 10.5. The molecule has 2 N–H and O–H groups in total. The summed E-state index contributed by atoms with van der Waals surface area (Å²) >= 11 is 0. The zero-order valence-corrected chi connectivity index (χ0v) is 18.7. The van der Waals surface area contributed by atoms with Crippen LogP contribution in [-0.4, -0.2) is 52.7 Å². The van der Waals surface area contributed by atoms with Crippen LogP contribution in [0.3, 0.4) is 0 Å². The van der Waals surface area contributed by atoms with E-state index in [9.17, 15) is 24.7 Å². The number of likely N-dealkylation sites (N-methyl/N-ethyl adjacent to an activating group) is 1. The second-order valence-electron chi connectivity index (χ2n) is 9.07. The molecule has 1 heterocycles. The predicted molar refractivity (Wildman–Crippen MR) is 113 cm³/mol. The minimum atomic E-state index is -1.10. The lowest BCUT2D eigenvalue weighted by Gasteiger charge is -2.39. The average Bonchev–Trinajstić information content (AvgIpc) is 2.66. The first kappa shape index (κ1) is 24.4. The number of hydrogen-bond donors (Lipinski definition) is 2. The molecule has 1 saturated carbocycles. The molecule has 172 valence electrons. The molecule has 0 bridgehead atoms. The van der Waals surface area contributed by atoms with Gasteiger partial charge in [-0.25, -0.2) is 4.79 Å². The molecule has 31 heavy (non-hydrogen) atoms. The third-order valence-corrected chi connectivity index (χ3v) is 5.41. The van der Waals surface area contributed by atoms with Crippen molar-refractivity contribution in [1.82, 2.24) is 10.2 Å². The Morgan fingerprint density at radius 2 is 1.97 bits per heavy atom. The van der Waals surface area contributed by atoms with E-state index in [1.807, 2.05) is 0 Å². The van der Waals surface area contributed by atoms with Crippen LogP contribution in [0.2, 0.25) is 0 Å². The summed E-state index contributed by atoms with van der Waals surface area (Å²) in [4.78, 5) is 38.5. The Kier molecular flexibility index (Phi) is 8.24. The predicted octanol–water partition coefficient (Wildman–Crippen LogP) is 2.25. The van der Waals surface area contributed by atoms with Gasteiger partial charge in [0.2, 0.25) is 5.91 Å². The van der Waals surface area contributed by atoms with Gasteiger partial charge < -0.3 is 25.3 Å². The van der Waals surface area contributed by atoms with Gasteiger partial charge in [-0.2, -0.15) is 4.73 Å². The smallest absolute Gasteiger partial charge is 0.407 e. The molecule has 2 amide bonds. The van der Waals surface area contributed by atoms with Gasteiger partial charge in [0.1, 0.15) is 5.60 Å². The van der Waals surface area contributed by atoms with Gasteiger partial charge in [0.05, 0.1) is 24.4 Å². The fourth-order valence-electron chi connectivity index (χ4n) is 3.99. The number of nitrogens with zero attached hydrogens (tertiary/aromatic N) is 2. The number of pyridine rings is 1. The number of nitrogens with one attached hydrogen (secondary N) is 1. The number of ether oxygens (including phenoxy) is 1. The fourth-order valence-corrected chi connectivity index (χ4v) is 3.99. The normalized spacial score (nSPS) is 19.9. The molecule has 3 atom stereocenters. The highest BCUT2D eigenvalue weighted by molar-refractivity contribution is 5.83. The summed E-state index contributed by atoms with van der Waals surface area (Å²) < 4.78 is 6.00. The number of carbonyl (C=O) groups excluding carboxylic acids is 2. The number of alkyl carbamates (subject to hydrolysis) is 1. The summed E-state index contributed by atoms with van der Waals surface area (Å²) in [6, 6.07) is 4.27. The Morgan fingerprint density at radius 1 is 1.29 bits per heavy atom. The molecule has 1 aliphatic rings. The Balaban J connectivity index is 2.15. The van der Waals surface area contributed by atoms with E-state index in [1.165, 1.54) is 11.1 Å². The summed E-state index contributed by atoms with van der Waals surface area (Å²) in [5.41, 5.74) is -0.297. The van der Waals surface area contributed by atoms with Crippen molar-refractivity contribution in [2.75, 3.05) is 7.05 Å². The van der Waals surface area contributed by atoms with Crippen molar-refractivity contribution in [2.45, 2.75) is 77.0 Å². The van der Waals surface area contributed by atoms with Gasteiger partial charge in [0, 0.05) is 25.6 Å². The second-order valence-corrected chi connectivity index (χ2v) is 9.07. The molecule has 1 aliphatic carbocycles. The standard InChI is InChI=1S/C22H33N3O6/c1-22(2,3)31-21(29)23-17-10-5-6-11-18(17)24(4)20(28)15(14-19(26)27)13-16-9-7-8-12-25(16)30/h7-9,12,15,17-18H,5-6,10-11,13-14H2,1-4H3,(H,23,29)(H,26,27)/t15-,17+,18+/m1/s1. The van der Waals surface area contributed by atoms with E-state index in [0.29, 0.717) is 23.3 Å². The van der Waals surface area contributed by atoms with Crippen molar-refractivity contribution in [1.29, 1.82) is 0 Å². The maximum Gasteiger partial charge on any atom is 0.407 e. The van der Waals surface area contributed by atoms with E-state index in [0.717, 1.165) is 12.8 Å².